The molecule has 4 rings (SSSR count). The number of hydrogen-bond donors (Lipinski definition) is 2. The van der Waals surface area contributed by atoms with Crippen molar-refractivity contribution >= 4 is 0 Å². The topological polar surface area (TPSA) is 58.9 Å². The van der Waals surface area contributed by atoms with Gasteiger partial charge in [-0.25, -0.2) is 0 Å². The van der Waals surface area contributed by atoms with E-state index < -0.39 is 18.0 Å². The van der Waals surface area contributed by atoms with Crippen LogP contribution in [0, 0.1) is 40.9 Å². The van der Waals surface area contributed by atoms with Crippen molar-refractivity contribution in [2.45, 2.75) is 109 Å². The van der Waals surface area contributed by atoms with E-state index in [1.54, 1.807) is 0 Å². The molecule has 0 radical (unpaired) electrons. The summed E-state index contributed by atoms with van der Waals surface area (Å²) in [5.41, 5.74) is -0.0900. The summed E-state index contributed by atoms with van der Waals surface area (Å²) >= 11 is 0. The van der Waals surface area contributed by atoms with Crippen LogP contribution in [0.1, 0.15) is 90.9 Å². The normalized spacial score (nSPS) is 39.1. The first kappa shape index (κ1) is 22.6. The number of aliphatic hydroxyl groups excluding tert-OH is 2. The van der Waals surface area contributed by atoms with Crippen molar-refractivity contribution in [3.63, 3.8) is 0 Å². The standard InChI is InChI=1S/C26H42O4/c1-3-4-5-9-12-21-24-20(13-14-22(27)19-10-7-6-8-11-19)23(28)15-16-25(24,2)26(21)29-17-18-30-26/h19-24,27-28H,3-12,15-18H2,1-2H3/t20-,21?,22-,23+,24-,25-/m1/s1. The van der Waals surface area contributed by atoms with Gasteiger partial charge in [-0.2, -0.15) is 0 Å². The summed E-state index contributed by atoms with van der Waals surface area (Å²) < 4.78 is 12.6. The fourth-order valence-electron chi connectivity index (χ4n) is 7.16. The van der Waals surface area contributed by atoms with Gasteiger partial charge in [-0.1, -0.05) is 70.6 Å². The monoisotopic (exact) mass is 418 g/mol. The van der Waals surface area contributed by atoms with Crippen LogP contribution in [0.5, 0.6) is 0 Å². The van der Waals surface area contributed by atoms with Crippen molar-refractivity contribution < 1.29 is 19.7 Å². The average Bonchev–Trinajstić information content (AvgIpc) is 3.28. The Morgan fingerprint density at radius 3 is 2.47 bits per heavy atom. The van der Waals surface area contributed by atoms with E-state index in [9.17, 15) is 10.2 Å². The van der Waals surface area contributed by atoms with Crippen LogP contribution in [0.2, 0.25) is 0 Å². The number of hydrogen-bond acceptors (Lipinski definition) is 4. The molecular weight excluding hydrogens is 376 g/mol. The lowest BCUT2D eigenvalue weighted by Gasteiger charge is -2.69. The van der Waals surface area contributed by atoms with Gasteiger partial charge in [-0.3, -0.25) is 0 Å². The Hall–Kier alpha value is -0.600. The van der Waals surface area contributed by atoms with E-state index in [1.807, 2.05) is 0 Å². The fourth-order valence-corrected chi connectivity index (χ4v) is 7.16. The molecule has 30 heavy (non-hydrogen) atoms. The molecule has 3 aliphatic carbocycles. The summed E-state index contributed by atoms with van der Waals surface area (Å²) in [6, 6.07) is 0. The van der Waals surface area contributed by atoms with E-state index in [2.05, 4.69) is 25.7 Å². The van der Waals surface area contributed by atoms with Crippen LogP contribution in [-0.2, 0) is 9.47 Å². The second kappa shape index (κ2) is 9.49. The minimum absolute atomic E-state index is 0.0865. The first-order chi connectivity index (χ1) is 14.5. The maximum Gasteiger partial charge on any atom is 0.177 e. The third-order valence-electron chi connectivity index (χ3n) is 8.79. The van der Waals surface area contributed by atoms with Crippen molar-refractivity contribution in [1.82, 2.24) is 0 Å². The first-order valence-corrected chi connectivity index (χ1v) is 12.7. The van der Waals surface area contributed by atoms with Gasteiger partial charge in [0.05, 0.1) is 25.2 Å². The Morgan fingerprint density at radius 1 is 1.03 bits per heavy atom. The number of ether oxygens (including phenoxy) is 2. The predicted octanol–water partition coefficient (Wildman–Crippen LogP) is 4.67. The van der Waals surface area contributed by atoms with Crippen LogP contribution in [0.3, 0.4) is 0 Å². The molecule has 6 atom stereocenters. The van der Waals surface area contributed by atoms with Crippen LogP contribution in [0.25, 0.3) is 0 Å². The molecule has 0 aromatic heterocycles. The van der Waals surface area contributed by atoms with Crippen molar-refractivity contribution in [1.29, 1.82) is 0 Å². The molecule has 4 aliphatic rings. The van der Waals surface area contributed by atoms with Gasteiger partial charge in [-0.05, 0) is 43.9 Å². The SMILES string of the molecule is CCCCCCC1[C@H]2[C@H](C#C[C@@H](O)C3CCCCC3)[C@@H](O)CC[C@@]2(C)C12OCCO2. The molecule has 0 bridgehead atoms. The van der Waals surface area contributed by atoms with Crippen LogP contribution in [0.15, 0.2) is 0 Å². The van der Waals surface area contributed by atoms with Crippen molar-refractivity contribution in [2.24, 2.45) is 29.1 Å². The zero-order valence-corrected chi connectivity index (χ0v) is 19.1. The number of fused-ring (bicyclic) bond motifs is 2. The molecule has 0 amide bonds. The van der Waals surface area contributed by atoms with E-state index in [0.717, 1.165) is 32.1 Å². The van der Waals surface area contributed by atoms with Gasteiger partial charge < -0.3 is 19.7 Å². The van der Waals surface area contributed by atoms with Gasteiger partial charge in [0.25, 0.3) is 0 Å². The predicted molar refractivity (Wildman–Crippen MR) is 118 cm³/mol. The Labute approximate surface area is 183 Å². The Kier molecular flexibility index (Phi) is 7.15. The molecule has 1 spiro atoms. The minimum atomic E-state index is -0.554. The molecule has 2 N–H and O–H groups in total. The van der Waals surface area contributed by atoms with E-state index in [-0.39, 0.29) is 17.3 Å². The third-order valence-corrected chi connectivity index (χ3v) is 8.79. The van der Waals surface area contributed by atoms with Crippen molar-refractivity contribution in [2.75, 3.05) is 13.2 Å². The Bertz CT molecular complexity index is 625. The minimum Gasteiger partial charge on any atom is -0.392 e. The van der Waals surface area contributed by atoms with Gasteiger partial charge in [0.1, 0.15) is 6.10 Å². The second-order valence-electron chi connectivity index (χ2n) is 10.5. The summed E-state index contributed by atoms with van der Waals surface area (Å²) in [5, 5.41) is 21.6. The number of unbranched alkanes of at least 4 members (excludes halogenated alkanes) is 3. The quantitative estimate of drug-likeness (QED) is 0.486. The zero-order valence-electron chi connectivity index (χ0n) is 19.1. The number of rotatable bonds is 6. The average molecular weight is 419 g/mol. The largest absolute Gasteiger partial charge is 0.392 e. The van der Waals surface area contributed by atoms with Crippen LogP contribution in [-0.4, -0.2) is 41.4 Å². The van der Waals surface area contributed by atoms with Gasteiger partial charge in [0, 0.05) is 11.3 Å². The summed E-state index contributed by atoms with van der Waals surface area (Å²) in [4.78, 5) is 0. The van der Waals surface area contributed by atoms with Gasteiger partial charge in [0.15, 0.2) is 5.79 Å². The van der Waals surface area contributed by atoms with E-state index in [4.69, 9.17) is 9.47 Å². The molecule has 1 saturated heterocycles. The Balaban J connectivity index is 1.52. The highest BCUT2D eigenvalue weighted by Crippen LogP contribution is 2.70. The van der Waals surface area contributed by atoms with E-state index in [1.165, 1.54) is 44.9 Å². The molecule has 4 nitrogen and oxygen atoms in total. The maximum absolute atomic E-state index is 10.9. The molecule has 0 aromatic carbocycles. The van der Waals surface area contributed by atoms with Crippen LogP contribution in [0.4, 0.5) is 0 Å². The number of aliphatic hydroxyl groups is 2. The summed E-state index contributed by atoms with van der Waals surface area (Å²) in [6.07, 6.45) is 12.5. The summed E-state index contributed by atoms with van der Waals surface area (Å²) in [6.45, 7) is 5.88. The molecule has 4 heteroatoms. The van der Waals surface area contributed by atoms with Gasteiger partial charge >= 0.3 is 0 Å². The molecule has 4 fully saturated rings. The fraction of sp³-hybridized carbons (Fsp3) is 0.923. The summed E-state index contributed by atoms with van der Waals surface area (Å²) in [7, 11) is 0. The maximum atomic E-state index is 10.9. The molecule has 1 heterocycles. The molecule has 0 aromatic rings. The van der Waals surface area contributed by atoms with E-state index >= 15 is 0 Å². The first-order valence-electron chi connectivity index (χ1n) is 12.7. The van der Waals surface area contributed by atoms with Gasteiger partial charge in [-0.15, -0.1) is 0 Å². The molecule has 170 valence electrons. The highest BCUT2D eigenvalue weighted by Gasteiger charge is 2.75. The lowest BCUT2D eigenvalue weighted by Crippen LogP contribution is -2.74. The molecule has 1 aliphatic heterocycles. The second-order valence-corrected chi connectivity index (χ2v) is 10.5. The third kappa shape index (κ3) is 3.85. The molecule has 3 saturated carbocycles. The smallest absolute Gasteiger partial charge is 0.177 e. The highest BCUT2D eigenvalue weighted by molar-refractivity contribution is 5.24. The zero-order chi connectivity index (χ0) is 21.2. The van der Waals surface area contributed by atoms with Crippen LogP contribution < -0.4 is 0 Å². The lowest BCUT2D eigenvalue weighted by molar-refractivity contribution is -0.385. The van der Waals surface area contributed by atoms with Crippen molar-refractivity contribution in [3.8, 4) is 11.8 Å². The van der Waals surface area contributed by atoms with Crippen molar-refractivity contribution in [3.05, 3.63) is 0 Å². The molecule has 1 unspecified atom stereocenters. The van der Waals surface area contributed by atoms with E-state index in [0.29, 0.717) is 25.0 Å². The molecular formula is C26H42O4. The van der Waals surface area contributed by atoms with Crippen LogP contribution >= 0.6 is 0 Å². The Morgan fingerprint density at radius 2 is 1.77 bits per heavy atom. The highest BCUT2D eigenvalue weighted by atomic mass is 16.7. The lowest BCUT2D eigenvalue weighted by atomic mass is 9.41. The van der Waals surface area contributed by atoms with Gasteiger partial charge in [0.2, 0.25) is 0 Å². The summed E-state index contributed by atoms with van der Waals surface area (Å²) in [5.74, 6) is 6.91.